The number of thioether (sulfide) groups is 1. The highest BCUT2D eigenvalue weighted by Crippen LogP contribution is 2.32. The summed E-state index contributed by atoms with van der Waals surface area (Å²) >= 11 is 8.03. The summed E-state index contributed by atoms with van der Waals surface area (Å²) in [6, 6.07) is 6.21. The van der Waals surface area contributed by atoms with Crippen LogP contribution in [0.4, 0.5) is 0 Å². The number of halogens is 1. The van der Waals surface area contributed by atoms with Gasteiger partial charge in [-0.1, -0.05) is 45.4 Å². The van der Waals surface area contributed by atoms with E-state index in [9.17, 15) is 0 Å². The highest BCUT2D eigenvalue weighted by atomic mass is 35.5. The Labute approximate surface area is 121 Å². The van der Waals surface area contributed by atoms with Crippen molar-refractivity contribution in [2.45, 2.75) is 50.8 Å². The third-order valence-electron chi connectivity index (χ3n) is 3.02. The van der Waals surface area contributed by atoms with Crippen LogP contribution in [-0.2, 0) is 6.54 Å². The first kappa shape index (κ1) is 15.9. The summed E-state index contributed by atoms with van der Waals surface area (Å²) in [5.74, 6) is 0.672. The van der Waals surface area contributed by atoms with Gasteiger partial charge in [-0.2, -0.15) is 0 Å². The maximum Gasteiger partial charge on any atom is 0.0417 e. The molecule has 0 aliphatic carbocycles. The summed E-state index contributed by atoms with van der Waals surface area (Å²) in [5, 5.41) is 4.89. The van der Waals surface area contributed by atoms with Gasteiger partial charge in [0.05, 0.1) is 0 Å². The van der Waals surface area contributed by atoms with Gasteiger partial charge in [-0.15, -0.1) is 11.8 Å². The molecule has 1 aromatic carbocycles. The number of hydrogen-bond donors (Lipinski definition) is 1. The van der Waals surface area contributed by atoms with E-state index in [2.05, 4.69) is 45.1 Å². The number of benzene rings is 1. The molecular weight excluding hydrogens is 262 g/mol. The quantitative estimate of drug-likeness (QED) is 0.560. The average Bonchev–Trinajstić information content (AvgIpc) is 2.32. The second kappa shape index (κ2) is 8.08. The lowest BCUT2D eigenvalue weighted by Gasteiger charge is -2.18. The zero-order valence-corrected chi connectivity index (χ0v) is 13.4. The molecule has 1 aromatic rings. The molecule has 1 atom stereocenters. The minimum atomic E-state index is 0.605. The minimum absolute atomic E-state index is 0.605. The van der Waals surface area contributed by atoms with Gasteiger partial charge in [-0.05, 0) is 36.6 Å². The average molecular weight is 286 g/mol. The van der Waals surface area contributed by atoms with Crippen molar-refractivity contribution in [2.75, 3.05) is 6.54 Å². The predicted octanol–water partition coefficient (Wildman–Crippen LogP) is 4.98. The lowest BCUT2D eigenvalue weighted by Crippen LogP contribution is -2.15. The van der Waals surface area contributed by atoms with Gasteiger partial charge in [-0.25, -0.2) is 0 Å². The van der Waals surface area contributed by atoms with E-state index in [1.54, 1.807) is 0 Å². The van der Waals surface area contributed by atoms with E-state index in [-0.39, 0.29) is 0 Å². The van der Waals surface area contributed by atoms with Crippen LogP contribution in [0.5, 0.6) is 0 Å². The molecule has 1 rings (SSSR count). The lowest BCUT2D eigenvalue weighted by molar-refractivity contribution is 0.640. The lowest BCUT2D eigenvalue weighted by atomic mass is 10.2. The Hall–Kier alpha value is -0.180. The Kier molecular flexibility index (Phi) is 7.13. The van der Waals surface area contributed by atoms with Crippen LogP contribution >= 0.6 is 23.4 Å². The van der Waals surface area contributed by atoms with Crippen molar-refractivity contribution < 1.29 is 0 Å². The molecule has 0 saturated heterocycles. The van der Waals surface area contributed by atoms with Gasteiger partial charge < -0.3 is 5.32 Å². The van der Waals surface area contributed by atoms with Crippen molar-refractivity contribution in [3.63, 3.8) is 0 Å². The summed E-state index contributed by atoms with van der Waals surface area (Å²) in [6.45, 7) is 11.0. The fourth-order valence-electron chi connectivity index (χ4n) is 1.52. The zero-order chi connectivity index (χ0) is 13.5. The fourth-order valence-corrected chi connectivity index (χ4v) is 2.92. The summed E-state index contributed by atoms with van der Waals surface area (Å²) in [6.07, 6.45) is 1.17. The topological polar surface area (TPSA) is 12.0 Å². The third kappa shape index (κ3) is 5.21. The van der Waals surface area contributed by atoms with Crippen molar-refractivity contribution >= 4 is 23.4 Å². The smallest absolute Gasteiger partial charge is 0.0417 e. The Morgan fingerprint density at radius 1 is 1.28 bits per heavy atom. The molecule has 0 heterocycles. The van der Waals surface area contributed by atoms with Crippen molar-refractivity contribution in [1.29, 1.82) is 0 Å². The van der Waals surface area contributed by atoms with E-state index in [1.165, 1.54) is 16.9 Å². The monoisotopic (exact) mass is 285 g/mol. The second-order valence-electron chi connectivity index (χ2n) is 5.00. The molecule has 0 aromatic heterocycles. The maximum absolute atomic E-state index is 6.11. The first-order valence-corrected chi connectivity index (χ1v) is 7.96. The fraction of sp³-hybridized carbons (Fsp3) is 0.600. The molecule has 3 heteroatoms. The zero-order valence-electron chi connectivity index (χ0n) is 11.8. The Morgan fingerprint density at radius 3 is 2.61 bits per heavy atom. The second-order valence-corrected chi connectivity index (χ2v) is 6.85. The molecule has 102 valence electrons. The summed E-state index contributed by atoms with van der Waals surface area (Å²) in [5.41, 5.74) is 1.35. The van der Waals surface area contributed by atoms with Gasteiger partial charge in [-0.3, -0.25) is 0 Å². The summed E-state index contributed by atoms with van der Waals surface area (Å²) < 4.78 is 0. The van der Waals surface area contributed by atoms with E-state index < -0.39 is 0 Å². The van der Waals surface area contributed by atoms with Crippen LogP contribution in [-0.4, -0.2) is 11.8 Å². The normalized spacial score (nSPS) is 13.0. The molecule has 0 radical (unpaired) electrons. The maximum atomic E-state index is 6.11. The van der Waals surface area contributed by atoms with Crippen LogP contribution in [0.1, 0.15) is 39.7 Å². The van der Waals surface area contributed by atoms with Crippen LogP contribution in [0.3, 0.4) is 0 Å². The van der Waals surface area contributed by atoms with E-state index in [0.29, 0.717) is 11.2 Å². The van der Waals surface area contributed by atoms with Crippen LogP contribution in [0.25, 0.3) is 0 Å². The van der Waals surface area contributed by atoms with Crippen LogP contribution in [0.2, 0.25) is 5.02 Å². The molecule has 0 bridgehead atoms. The Morgan fingerprint density at radius 2 is 2.00 bits per heavy atom. The van der Waals surface area contributed by atoms with Gasteiger partial charge in [0, 0.05) is 21.7 Å². The van der Waals surface area contributed by atoms with E-state index >= 15 is 0 Å². The highest BCUT2D eigenvalue weighted by Gasteiger charge is 2.12. The van der Waals surface area contributed by atoms with Gasteiger partial charge in [0.25, 0.3) is 0 Å². The first-order valence-electron chi connectivity index (χ1n) is 6.70. The first-order chi connectivity index (χ1) is 8.54. The van der Waals surface area contributed by atoms with Crippen LogP contribution in [0, 0.1) is 5.92 Å². The van der Waals surface area contributed by atoms with Crippen molar-refractivity contribution in [3.8, 4) is 0 Å². The van der Waals surface area contributed by atoms with Gasteiger partial charge in [0.15, 0.2) is 0 Å². The predicted molar refractivity (Wildman–Crippen MR) is 83.6 cm³/mol. The van der Waals surface area contributed by atoms with Gasteiger partial charge >= 0.3 is 0 Å². The van der Waals surface area contributed by atoms with Crippen molar-refractivity contribution in [1.82, 2.24) is 5.32 Å². The number of rotatable bonds is 7. The molecule has 1 N–H and O–H groups in total. The van der Waals surface area contributed by atoms with E-state index in [1.807, 2.05) is 17.8 Å². The Balaban J connectivity index is 2.76. The summed E-state index contributed by atoms with van der Waals surface area (Å²) in [7, 11) is 0. The van der Waals surface area contributed by atoms with Crippen LogP contribution in [0.15, 0.2) is 23.1 Å². The van der Waals surface area contributed by atoms with Gasteiger partial charge in [0.2, 0.25) is 0 Å². The number of nitrogens with one attached hydrogen (secondary N) is 1. The molecule has 0 aliphatic rings. The molecule has 1 nitrogen and oxygen atoms in total. The molecule has 0 fully saturated rings. The SMILES string of the molecule is CCCNCc1ccc(Cl)cc1SC(C)C(C)C. The molecule has 18 heavy (non-hydrogen) atoms. The van der Waals surface area contributed by atoms with E-state index in [4.69, 9.17) is 11.6 Å². The van der Waals surface area contributed by atoms with Crippen molar-refractivity contribution in [3.05, 3.63) is 28.8 Å². The third-order valence-corrected chi connectivity index (χ3v) is 4.81. The molecule has 0 amide bonds. The number of hydrogen-bond acceptors (Lipinski definition) is 2. The molecule has 0 aliphatic heterocycles. The standard InChI is InChI=1S/C15H24ClNS/c1-5-8-17-10-13-6-7-14(16)9-15(13)18-12(4)11(2)3/h6-7,9,11-12,17H,5,8,10H2,1-4H3. The van der Waals surface area contributed by atoms with Gasteiger partial charge in [0.1, 0.15) is 0 Å². The van der Waals surface area contributed by atoms with E-state index in [0.717, 1.165) is 18.1 Å². The molecular formula is C15H24ClNS. The molecule has 1 unspecified atom stereocenters. The largest absolute Gasteiger partial charge is 0.313 e. The minimum Gasteiger partial charge on any atom is -0.313 e. The molecule has 0 spiro atoms. The van der Waals surface area contributed by atoms with Crippen LogP contribution < -0.4 is 5.32 Å². The Bertz CT molecular complexity index is 366. The molecule has 0 saturated carbocycles. The summed E-state index contributed by atoms with van der Waals surface area (Å²) in [4.78, 5) is 1.31. The highest BCUT2D eigenvalue weighted by molar-refractivity contribution is 8.00. The van der Waals surface area contributed by atoms with Crippen molar-refractivity contribution in [2.24, 2.45) is 5.92 Å².